The zero-order valence-electron chi connectivity index (χ0n) is 19.7. The average Bonchev–Trinajstić information content (AvgIpc) is 3.26. The topological polar surface area (TPSA) is 82.6 Å². The number of anilines is 1. The largest absolute Gasteiger partial charge is 0.386 e. The van der Waals surface area contributed by atoms with Crippen molar-refractivity contribution in [3.8, 4) is 0 Å². The van der Waals surface area contributed by atoms with Gasteiger partial charge in [0, 0.05) is 31.9 Å². The number of hydrogen-bond acceptors (Lipinski definition) is 8. The zero-order valence-corrected chi connectivity index (χ0v) is 21.3. The fourth-order valence-electron chi connectivity index (χ4n) is 4.81. The van der Waals surface area contributed by atoms with Crippen molar-refractivity contribution in [2.75, 3.05) is 57.5 Å². The maximum absolute atomic E-state index is 13.3. The van der Waals surface area contributed by atoms with Gasteiger partial charge in [0.25, 0.3) is 10.0 Å². The molecule has 0 bridgehead atoms. The predicted octanol–water partition coefficient (Wildman–Crippen LogP) is 1.95. The van der Waals surface area contributed by atoms with Gasteiger partial charge in [0.1, 0.15) is 4.21 Å². The molecule has 0 saturated carbocycles. The molecule has 0 spiro atoms. The monoisotopic (exact) mass is 507 g/mol. The van der Waals surface area contributed by atoms with Crippen LogP contribution in [-0.2, 0) is 25.1 Å². The van der Waals surface area contributed by atoms with Crippen molar-refractivity contribution in [2.45, 2.75) is 41.8 Å². The molecule has 0 unspecified atom stereocenters. The molecule has 5 rings (SSSR count). The average molecular weight is 508 g/mol. The smallest absolute Gasteiger partial charge is 0.252 e. The summed E-state index contributed by atoms with van der Waals surface area (Å²) in [5.74, 6) is 0. The molecule has 0 amide bonds. The second kappa shape index (κ2) is 9.50. The summed E-state index contributed by atoms with van der Waals surface area (Å²) in [6, 6.07) is 12.1. The molecule has 1 aromatic carbocycles. The normalized spacial score (nSPS) is 23.2. The second-order valence-electron chi connectivity index (χ2n) is 9.83. The van der Waals surface area contributed by atoms with Crippen molar-refractivity contribution in [2.24, 2.45) is 0 Å². The quantitative estimate of drug-likeness (QED) is 0.585. The van der Waals surface area contributed by atoms with Crippen LogP contribution < -0.4 is 4.90 Å². The molecule has 3 aliphatic rings. The lowest BCUT2D eigenvalue weighted by Gasteiger charge is -2.50. The van der Waals surface area contributed by atoms with E-state index in [2.05, 4.69) is 9.80 Å². The van der Waals surface area contributed by atoms with E-state index in [1.807, 2.05) is 24.3 Å². The summed E-state index contributed by atoms with van der Waals surface area (Å²) in [4.78, 5) is 4.78. The number of piperazine rings is 1. The van der Waals surface area contributed by atoms with Crippen molar-refractivity contribution >= 4 is 27.0 Å². The van der Waals surface area contributed by atoms with Crippen molar-refractivity contribution < 1.29 is 23.0 Å². The van der Waals surface area contributed by atoms with Crippen LogP contribution in [0.4, 0.5) is 5.69 Å². The van der Waals surface area contributed by atoms with Crippen LogP contribution in [0.15, 0.2) is 46.0 Å². The molecule has 10 heteroatoms. The molecule has 1 atom stereocenters. The Morgan fingerprint density at radius 3 is 2.21 bits per heavy atom. The van der Waals surface area contributed by atoms with Crippen molar-refractivity contribution in [1.82, 2.24) is 9.21 Å². The Balaban J connectivity index is 1.41. The molecule has 0 aliphatic carbocycles. The summed E-state index contributed by atoms with van der Waals surface area (Å²) in [6.07, 6.45) is 0. The van der Waals surface area contributed by atoms with Gasteiger partial charge in [-0.2, -0.15) is 4.31 Å². The van der Waals surface area contributed by atoms with E-state index >= 15 is 0 Å². The van der Waals surface area contributed by atoms with Gasteiger partial charge in [-0.15, -0.1) is 11.3 Å². The van der Waals surface area contributed by atoms with E-state index in [-0.39, 0.29) is 6.04 Å². The minimum atomic E-state index is -3.52. The molecular weight excluding hydrogens is 474 g/mol. The first-order valence-electron chi connectivity index (χ1n) is 11.8. The second-order valence-corrected chi connectivity index (χ2v) is 12.9. The lowest BCUT2D eigenvalue weighted by Crippen LogP contribution is -2.65. The molecule has 4 heterocycles. The number of benzene rings is 1. The lowest BCUT2D eigenvalue weighted by molar-refractivity contribution is -0.139. The summed E-state index contributed by atoms with van der Waals surface area (Å²) in [5.41, 5.74) is 0.990. The number of hydrogen-bond donors (Lipinski definition) is 1. The standard InChI is InChI=1S/C24H33N3O5S2/c1-24(2,28)18-5-7-19(8-6-18)26-10-9-25(34(29,30)23-4-3-11-33-23)12-20(26)13-27(21-14-31-15-21)22-16-32-17-22/h3-8,11,20-22,28H,9-10,12-17H2,1-2H3/t20-/m1/s1. The Labute approximate surface area is 205 Å². The third kappa shape index (κ3) is 4.77. The molecule has 34 heavy (non-hydrogen) atoms. The maximum Gasteiger partial charge on any atom is 0.252 e. The summed E-state index contributed by atoms with van der Waals surface area (Å²) >= 11 is 1.26. The number of sulfonamides is 1. The van der Waals surface area contributed by atoms with Crippen molar-refractivity contribution in [1.29, 1.82) is 0 Å². The summed E-state index contributed by atoms with van der Waals surface area (Å²) in [7, 11) is -3.52. The Morgan fingerprint density at radius 1 is 1.06 bits per heavy atom. The molecular formula is C24H33N3O5S2. The van der Waals surface area contributed by atoms with Crippen LogP contribution in [0.1, 0.15) is 19.4 Å². The highest BCUT2D eigenvalue weighted by molar-refractivity contribution is 7.91. The van der Waals surface area contributed by atoms with Crippen LogP contribution in [0.2, 0.25) is 0 Å². The Kier molecular flexibility index (Phi) is 6.75. The fraction of sp³-hybridized carbons (Fsp3) is 0.583. The molecule has 0 radical (unpaired) electrons. The molecule has 1 N–H and O–H groups in total. The fourth-order valence-corrected chi connectivity index (χ4v) is 7.42. The van der Waals surface area contributed by atoms with Crippen LogP contribution in [0, 0.1) is 0 Å². The Hall–Kier alpha value is -1.53. The highest BCUT2D eigenvalue weighted by Crippen LogP contribution is 2.30. The third-order valence-corrected chi connectivity index (χ3v) is 10.3. The SMILES string of the molecule is CC(C)(O)c1ccc(N2CCN(S(=O)(=O)c3cccs3)C[C@@H]2CN(C2COC2)C2COC2)cc1. The van der Waals surface area contributed by atoms with Crippen LogP contribution in [-0.4, -0.2) is 93.5 Å². The highest BCUT2D eigenvalue weighted by Gasteiger charge is 2.41. The summed E-state index contributed by atoms with van der Waals surface area (Å²) < 4.78 is 39.6. The zero-order chi connectivity index (χ0) is 23.9. The van der Waals surface area contributed by atoms with Crippen molar-refractivity contribution in [3.63, 3.8) is 0 Å². The predicted molar refractivity (Wildman–Crippen MR) is 132 cm³/mol. The molecule has 3 fully saturated rings. The van der Waals surface area contributed by atoms with Gasteiger partial charge < -0.3 is 19.5 Å². The van der Waals surface area contributed by atoms with Gasteiger partial charge in [-0.1, -0.05) is 18.2 Å². The van der Waals surface area contributed by atoms with Crippen LogP contribution in [0.5, 0.6) is 0 Å². The van der Waals surface area contributed by atoms with Crippen molar-refractivity contribution in [3.05, 3.63) is 47.3 Å². The van der Waals surface area contributed by atoms with E-state index < -0.39 is 15.6 Å². The number of thiophene rings is 1. The van der Waals surface area contributed by atoms with Gasteiger partial charge in [0.2, 0.25) is 0 Å². The number of aliphatic hydroxyl groups is 1. The molecule has 3 saturated heterocycles. The van der Waals surface area contributed by atoms with Crippen LogP contribution in [0.3, 0.4) is 0 Å². The van der Waals surface area contributed by atoms with Gasteiger partial charge >= 0.3 is 0 Å². The van der Waals surface area contributed by atoms with Crippen LogP contribution in [0.25, 0.3) is 0 Å². The minimum absolute atomic E-state index is 0.0160. The van der Waals surface area contributed by atoms with Gasteiger partial charge in [-0.05, 0) is 43.0 Å². The first-order chi connectivity index (χ1) is 16.2. The Morgan fingerprint density at radius 2 is 1.71 bits per heavy atom. The lowest BCUT2D eigenvalue weighted by atomic mass is 9.98. The Bertz CT molecular complexity index is 1050. The van der Waals surface area contributed by atoms with E-state index in [1.54, 1.807) is 35.7 Å². The molecule has 1 aromatic heterocycles. The summed E-state index contributed by atoms with van der Waals surface area (Å²) in [5, 5.41) is 12.2. The van der Waals surface area contributed by atoms with E-state index in [0.29, 0.717) is 62.4 Å². The van der Waals surface area contributed by atoms with Gasteiger partial charge in [-0.25, -0.2) is 8.42 Å². The molecule has 3 aliphatic heterocycles. The molecule has 186 valence electrons. The molecule has 8 nitrogen and oxygen atoms in total. The van der Waals surface area contributed by atoms with E-state index in [4.69, 9.17) is 9.47 Å². The van der Waals surface area contributed by atoms with E-state index in [1.165, 1.54) is 11.3 Å². The van der Waals surface area contributed by atoms with E-state index in [9.17, 15) is 13.5 Å². The maximum atomic E-state index is 13.3. The number of rotatable bonds is 8. The van der Waals surface area contributed by atoms with Gasteiger partial charge in [0.15, 0.2) is 0 Å². The van der Waals surface area contributed by atoms with Gasteiger partial charge in [-0.3, -0.25) is 4.90 Å². The van der Waals surface area contributed by atoms with E-state index in [0.717, 1.165) is 17.8 Å². The minimum Gasteiger partial charge on any atom is -0.386 e. The highest BCUT2D eigenvalue weighted by atomic mass is 32.2. The number of nitrogens with zero attached hydrogens (tertiary/aromatic N) is 3. The molecule has 2 aromatic rings. The first kappa shape index (κ1) is 24.2. The van der Waals surface area contributed by atoms with Crippen LogP contribution >= 0.6 is 11.3 Å². The summed E-state index contributed by atoms with van der Waals surface area (Å²) in [6.45, 7) is 8.59. The third-order valence-electron chi connectivity index (χ3n) is 7.04. The number of ether oxygens (including phenoxy) is 2. The van der Waals surface area contributed by atoms with Gasteiger partial charge in [0.05, 0.1) is 50.2 Å². The first-order valence-corrected chi connectivity index (χ1v) is 14.1.